The number of carboxylic acid groups (broad SMARTS) is 1. The zero-order valence-corrected chi connectivity index (χ0v) is 21.1. The number of aliphatic carboxylic acids is 1. The van der Waals surface area contributed by atoms with Gasteiger partial charge in [-0.2, -0.15) is 25.7 Å². The molecule has 0 aromatic carbocycles. The molecule has 0 saturated heterocycles. The Hall–Kier alpha value is -2.32. The van der Waals surface area contributed by atoms with Crippen molar-refractivity contribution in [3.8, 4) is 6.07 Å². The fourth-order valence-electron chi connectivity index (χ4n) is 1.10. The Labute approximate surface area is 197 Å². The summed E-state index contributed by atoms with van der Waals surface area (Å²) >= 11 is 0. The fourth-order valence-corrected chi connectivity index (χ4v) is 1.10. The van der Waals surface area contributed by atoms with Crippen molar-refractivity contribution in [2.45, 2.75) is 90.4 Å². The summed E-state index contributed by atoms with van der Waals surface area (Å²) in [6.45, 7) is 13.9. The molecule has 13 heteroatoms. The van der Waals surface area contributed by atoms with Crippen LogP contribution in [0.1, 0.15) is 68.2 Å². The molecule has 1 unspecified atom stereocenters. The molecule has 1 atom stereocenters. The van der Waals surface area contributed by atoms with Crippen LogP contribution in [-0.4, -0.2) is 44.9 Å². The second-order valence-electron chi connectivity index (χ2n) is 8.80. The number of nitriles is 1. The van der Waals surface area contributed by atoms with Crippen LogP contribution in [0.4, 0.5) is 0 Å². The van der Waals surface area contributed by atoms with Crippen molar-refractivity contribution in [2.75, 3.05) is 0 Å². The molecule has 0 fully saturated rings. The number of nitrogens with one attached hydrogen (secondary N) is 2. The van der Waals surface area contributed by atoms with Gasteiger partial charge in [0.25, 0.3) is 0 Å². The van der Waals surface area contributed by atoms with Gasteiger partial charge in [0, 0.05) is 6.42 Å². The molecular weight excluding hydrogens is 445 g/mol. The lowest BCUT2D eigenvalue weighted by Crippen LogP contribution is -2.38. The second kappa shape index (κ2) is 13.9. The molecule has 0 radical (unpaired) electrons. The van der Waals surface area contributed by atoms with Gasteiger partial charge in [-0.15, -0.1) is 24.8 Å². The maximum Gasteiger partial charge on any atom is 0.303 e. The van der Waals surface area contributed by atoms with Crippen molar-refractivity contribution < 1.29 is 9.90 Å². The monoisotopic (exact) mass is 481 g/mol. The summed E-state index contributed by atoms with van der Waals surface area (Å²) in [5, 5.41) is 47.6. The predicted octanol–water partition coefficient (Wildman–Crippen LogP) is 4.10. The van der Waals surface area contributed by atoms with E-state index in [1.165, 1.54) is 0 Å². The normalized spacial score (nSPS) is 13.6. The van der Waals surface area contributed by atoms with E-state index in [1.54, 1.807) is 34.6 Å². The highest BCUT2D eigenvalue weighted by molar-refractivity contribution is 5.87. The van der Waals surface area contributed by atoms with Crippen LogP contribution in [0.3, 0.4) is 0 Å². The third-order valence-corrected chi connectivity index (χ3v) is 3.51. The molecule has 0 heterocycles. The molecule has 7 N–H and O–H groups in total. The minimum Gasteiger partial charge on any atom is -0.481 e. The summed E-state index contributed by atoms with van der Waals surface area (Å²) in [4.78, 5) is 10.4. The average molecular weight is 482 g/mol. The average Bonchev–Trinajstić information content (AvgIpc) is 2.56. The minimum atomic E-state index is -1.04. The lowest BCUT2D eigenvalue weighted by molar-refractivity contribution is -0.137. The van der Waals surface area contributed by atoms with Gasteiger partial charge in [-0.05, 0) is 61.8 Å². The molecule has 11 nitrogen and oxygen atoms in total. The Kier molecular flexibility index (Phi) is 16.2. The molecule has 0 aromatic heterocycles. The first-order chi connectivity index (χ1) is 12.8. The Bertz CT molecular complexity index is 680. The summed E-state index contributed by atoms with van der Waals surface area (Å²) in [6.07, 6.45) is 0.103. The number of amidine groups is 2. The number of carboxylic acids is 1. The molecule has 0 amide bonds. The molecule has 0 aliphatic rings. The number of hydrogen-bond acceptors (Lipinski definition) is 8. The van der Waals surface area contributed by atoms with Crippen LogP contribution in [0.15, 0.2) is 20.5 Å². The van der Waals surface area contributed by atoms with Crippen LogP contribution in [0.5, 0.6) is 0 Å². The van der Waals surface area contributed by atoms with Gasteiger partial charge in [-0.25, -0.2) is 0 Å². The number of hydrogen-bond donors (Lipinski definition) is 5. The van der Waals surface area contributed by atoms with E-state index in [4.69, 9.17) is 32.7 Å². The van der Waals surface area contributed by atoms with Crippen LogP contribution in [0.2, 0.25) is 0 Å². The van der Waals surface area contributed by atoms with Crippen LogP contribution < -0.4 is 11.5 Å². The van der Waals surface area contributed by atoms with Gasteiger partial charge in [0.15, 0.2) is 5.54 Å². The molecular formula is C18H37Cl2N9O2. The lowest BCUT2D eigenvalue weighted by Gasteiger charge is -2.20. The van der Waals surface area contributed by atoms with Crippen LogP contribution >= 0.6 is 24.8 Å². The number of nitrogens with zero attached hydrogens (tertiary/aromatic N) is 5. The Morgan fingerprint density at radius 1 is 0.871 bits per heavy atom. The van der Waals surface area contributed by atoms with Crippen molar-refractivity contribution in [3.63, 3.8) is 0 Å². The number of halogens is 2. The molecule has 0 bridgehead atoms. The molecule has 0 aliphatic heterocycles. The first kappa shape index (κ1) is 36.1. The SMILES string of the molecule is CC(C)(C)N=NC(C)(C#N)CCC(=O)O.CC(C)(N=NC(C)(C)C(=N)N)C(=N)N.Cl.Cl. The van der Waals surface area contributed by atoms with Gasteiger partial charge in [0.1, 0.15) is 22.7 Å². The Balaban J connectivity index is -0.000000221. The van der Waals surface area contributed by atoms with Gasteiger partial charge in [0.2, 0.25) is 0 Å². The van der Waals surface area contributed by atoms with Crippen molar-refractivity contribution in [2.24, 2.45) is 31.9 Å². The smallest absolute Gasteiger partial charge is 0.303 e. The third kappa shape index (κ3) is 17.1. The van der Waals surface area contributed by atoms with E-state index < -0.39 is 22.6 Å². The molecule has 31 heavy (non-hydrogen) atoms. The number of rotatable bonds is 8. The largest absolute Gasteiger partial charge is 0.481 e. The van der Waals surface area contributed by atoms with Gasteiger partial charge in [-0.3, -0.25) is 15.6 Å². The number of carbonyl (C=O) groups is 1. The van der Waals surface area contributed by atoms with Gasteiger partial charge in [0.05, 0.1) is 11.6 Å². The molecule has 180 valence electrons. The predicted molar refractivity (Wildman–Crippen MR) is 127 cm³/mol. The van der Waals surface area contributed by atoms with Crippen molar-refractivity contribution in [1.29, 1.82) is 16.1 Å². The van der Waals surface area contributed by atoms with Crippen LogP contribution in [0, 0.1) is 22.1 Å². The maximum atomic E-state index is 10.4. The van der Waals surface area contributed by atoms with E-state index in [2.05, 4.69) is 20.5 Å². The second-order valence-corrected chi connectivity index (χ2v) is 8.80. The zero-order valence-electron chi connectivity index (χ0n) is 19.5. The highest BCUT2D eigenvalue weighted by Crippen LogP contribution is 2.20. The van der Waals surface area contributed by atoms with E-state index in [0.717, 1.165) is 0 Å². The van der Waals surface area contributed by atoms with Gasteiger partial charge in [-0.1, -0.05) is 0 Å². The molecule has 0 aromatic rings. The summed E-state index contributed by atoms with van der Waals surface area (Å²) in [5.74, 6) is -1.07. The van der Waals surface area contributed by atoms with Gasteiger partial charge >= 0.3 is 5.97 Å². The fraction of sp³-hybridized carbons (Fsp3) is 0.778. The topological polar surface area (TPSA) is 210 Å². The Morgan fingerprint density at radius 3 is 1.45 bits per heavy atom. The quantitative estimate of drug-likeness (QED) is 0.196. The van der Waals surface area contributed by atoms with Crippen LogP contribution in [0.25, 0.3) is 0 Å². The van der Waals surface area contributed by atoms with Crippen molar-refractivity contribution in [1.82, 2.24) is 0 Å². The zero-order chi connectivity index (χ0) is 23.7. The van der Waals surface area contributed by atoms with Crippen molar-refractivity contribution in [3.05, 3.63) is 0 Å². The highest BCUT2D eigenvalue weighted by Gasteiger charge is 2.26. The number of azo groups is 2. The first-order valence-corrected chi connectivity index (χ1v) is 8.98. The highest BCUT2D eigenvalue weighted by atomic mass is 35.5. The third-order valence-electron chi connectivity index (χ3n) is 3.51. The molecule has 0 aliphatic carbocycles. The standard InChI is InChI=1S/C10H17N3O2.C8H18N6.2ClH/c1-9(2,3)12-13-10(4,7-11)6-5-8(14)15;1-7(2,5(9)10)13-14-8(3,4)6(11)12;;/h5-6H2,1-4H3,(H,14,15);1-4H3,(H3,9,10)(H3,11,12);2*1H. The molecule has 0 spiro atoms. The number of nitrogens with two attached hydrogens (primary N) is 2. The first-order valence-electron chi connectivity index (χ1n) is 8.98. The summed E-state index contributed by atoms with van der Waals surface area (Å²) in [7, 11) is 0. The molecule has 0 saturated carbocycles. The Morgan fingerprint density at radius 2 is 1.23 bits per heavy atom. The van der Waals surface area contributed by atoms with E-state index in [1.807, 2.05) is 26.8 Å². The maximum absolute atomic E-state index is 10.4. The summed E-state index contributed by atoms with van der Waals surface area (Å²) in [5.41, 5.74) is 7.58. The minimum absolute atomic E-state index is 0. The lowest BCUT2D eigenvalue weighted by atomic mass is 9.99. The van der Waals surface area contributed by atoms with E-state index in [-0.39, 0.29) is 54.9 Å². The summed E-state index contributed by atoms with van der Waals surface area (Å²) < 4.78 is 0. The van der Waals surface area contributed by atoms with Crippen molar-refractivity contribution >= 4 is 42.5 Å². The van der Waals surface area contributed by atoms with Gasteiger partial charge < -0.3 is 16.6 Å². The van der Waals surface area contributed by atoms with E-state index >= 15 is 0 Å². The van der Waals surface area contributed by atoms with Crippen LogP contribution in [-0.2, 0) is 4.79 Å². The van der Waals surface area contributed by atoms with E-state index in [0.29, 0.717) is 0 Å². The van der Waals surface area contributed by atoms with E-state index in [9.17, 15) is 4.79 Å². The molecule has 0 rings (SSSR count). The summed E-state index contributed by atoms with van der Waals surface area (Å²) in [6, 6.07) is 1.98.